The number of aromatic nitrogens is 1. The van der Waals surface area contributed by atoms with Gasteiger partial charge < -0.3 is 19.5 Å². The quantitative estimate of drug-likeness (QED) is 0.939. The van der Waals surface area contributed by atoms with E-state index in [1.165, 1.54) is 16.5 Å². The molecule has 1 atom stereocenters. The lowest BCUT2D eigenvalue weighted by molar-refractivity contribution is 0.163. The van der Waals surface area contributed by atoms with Gasteiger partial charge in [0.15, 0.2) is 0 Å². The number of nitrogens with zero attached hydrogens (tertiary/aromatic N) is 2. The molecule has 2 heterocycles. The van der Waals surface area contributed by atoms with Crippen LogP contribution < -0.4 is 0 Å². The second kappa shape index (κ2) is 5.41. The van der Waals surface area contributed by atoms with Crippen LogP contribution >= 0.6 is 0 Å². The fraction of sp³-hybridized carbons (Fsp3) is 0.438. The van der Waals surface area contributed by atoms with Crippen LogP contribution in [0.5, 0.6) is 0 Å². The summed E-state index contributed by atoms with van der Waals surface area (Å²) in [7, 11) is 5.95. The van der Waals surface area contributed by atoms with Gasteiger partial charge in [-0.3, -0.25) is 0 Å². The molecule has 5 heteroatoms. The van der Waals surface area contributed by atoms with Crippen molar-refractivity contribution in [3.63, 3.8) is 0 Å². The largest absolute Gasteiger partial charge is 0.447 e. The molecule has 21 heavy (non-hydrogen) atoms. The first-order chi connectivity index (χ1) is 10.1. The van der Waals surface area contributed by atoms with Crippen LogP contribution in [0.4, 0.5) is 4.79 Å². The lowest BCUT2D eigenvalue weighted by Crippen LogP contribution is -2.24. The SMILES string of the molecule is CN(C)CCc1c([C@H]2COC(=O)N2C)ccc2[nH]ccc12. The van der Waals surface area contributed by atoms with Crippen molar-refractivity contribution < 1.29 is 9.53 Å². The Kier molecular flexibility index (Phi) is 3.59. The highest BCUT2D eigenvalue weighted by atomic mass is 16.6. The van der Waals surface area contributed by atoms with Crippen molar-refractivity contribution in [2.45, 2.75) is 12.5 Å². The van der Waals surface area contributed by atoms with E-state index in [4.69, 9.17) is 4.74 Å². The molecule has 3 rings (SSSR count). The van der Waals surface area contributed by atoms with E-state index in [1.807, 2.05) is 6.20 Å². The van der Waals surface area contributed by atoms with Gasteiger partial charge in [0.1, 0.15) is 6.61 Å². The molecular weight excluding hydrogens is 266 g/mol. The number of carbonyl (C=O) groups is 1. The number of carbonyl (C=O) groups excluding carboxylic acids is 1. The monoisotopic (exact) mass is 287 g/mol. The van der Waals surface area contributed by atoms with E-state index in [1.54, 1.807) is 11.9 Å². The van der Waals surface area contributed by atoms with Gasteiger partial charge in [0.05, 0.1) is 6.04 Å². The second-order valence-electron chi connectivity index (χ2n) is 5.83. The lowest BCUT2D eigenvalue weighted by Gasteiger charge is -2.21. The topological polar surface area (TPSA) is 48.6 Å². The van der Waals surface area contributed by atoms with Crippen molar-refractivity contribution in [3.05, 3.63) is 35.5 Å². The molecule has 5 nitrogen and oxygen atoms in total. The maximum absolute atomic E-state index is 11.6. The predicted octanol–water partition coefficient (Wildman–Crippen LogP) is 2.40. The Labute approximate surface area is 124 Å². The van der Waals surface area contributed by atoms with Crippen molar-refractivity contribution in [3.8, 4) is 0 Å². The molecule has 1 aromatic carbocycles. The summed E-state index contributed by atoms with van der Waals surface area (Å²) in [4.78, 5) is 18.8. The Morgan fingerprint density at radius 3 is 2.86 bits per heavy atom. The number of amides is 1. The van der Waals surface area contributed by atoms with Crippen LogP contribution in [0.25, 0.3) is 10.9 Å². The molecule has 0 unspecified atom stereocenters. The van der Waals surface area contributed by atoms with Gasteiger partial charge in [0.2, 0.25) is 0 Å². The molecule has 1 aliphatic rings. The van der Waals surface area contributed by atoms with Gasteiger partial charge in [-0.15, -0.1) is 0 Å². The first-order valence-corrected chi connectivity index (χ1v) is 7.21. The van der Waals surface area contributed by atoms with Crippen LogP contribution in [0.15, 0.2) is 24.4 Å². The number of hydrogen-bond acceptors (Lipinski definition) is 3. The molecular formula is C16H21N3O2. The Morgan fingerprint density at radius 2 is 2.19 bits per heavy atom. The number of fused-ring (bicyclic) bond motifs is 1. The molecule has 0 radical (unpaired) electrons. The number of hydrogen-bond donors (Lipinski definition) is 1. The smallest absolute Gasteiger partial charge is 0.410 e. The Balaban J connectivity index is 2.04. The van der Waals surface area contributed by atoms with E-state index >= 15 is 0 Å². The van der Waals surface area contributed by atoms with Crippen molar-refractivity contribution in [1.82, 2.24) is 14.8 Å². The van der Waals surface area contributed by atoms with E-state index in [0.29, 0.717) is 6.61 Å². The number of rotatable bonds is 4. The van der Waals surface area contributed by atoms with E-state index in [-0.39, 0.29) is 12.1 Å². The number of nitrogens with one attached hydrogen (secondary N) is 1. The van der Waals surface area contributed by atoms with Crippen LogP contribution in [-0.4, -0.2) is 55.2 Å². The number of cyclic esters (lactones) is 1. The van der Waals surface area contributed by atoms with Crippen molar-refractivity contribution in [1.29, 1.82) is 0 Å². The number of ether oxygens (including phenoxy) is 1. The van der Waals surface area contributed by atoms with Gasteiger partial charge >= 0.3 is 6.09 Å². The average Bonchev–Trinajstić information content (AvgIpc) is 3.04. The highest BCUT2D eigenvalue weighted by Gasteiger charge is 2.32. The molecule has 1 aliphatic heterocycles. The normalized spacial score (nSPS) is 18.8. The first-order valence-electron chi connectivity index (χ1n) is 7.21. The van der Waals surface area contributed by atoms with E-state index < -0.39 is 0 Å². The summed E-state index contributed by atoms with van der Waals surface area (Å²) in [5.74, 6) is 0. The maximum atomic E-state index is 11.6. The molecule has 0 spiro atoms. The maximum Gasteiger partial charge on any atom is 0.410 e. The van der Waals surface area contributed by atoms with Gasteiger partial charge in [-0.25, -0.2) is 4.79 Å². The molecule has 1 aromatic heterocycles. The third-order valence-corrected chi connectivity index (χ3v) is 4.17. The zero-order valence-electron chi connectivity index (χ0n) is 12.7. The van der Waals surface area contributed by atoms with Crippen molar-refractivity contribution >= 4 is 17.0 Å². The molecule has 1 fully saturated rings. The zero-order valence-corrected chi connectivity index (χ0v) is 12.7. The second-order valence-corrected chi connectivity index (χ2v) is 5.83. The first kappa shape index (κ1) is 13.9. The van der Waals surface area contributed by atoms with E-state index in [2.05, 4.69) is 42.2 Å². The highest BCUT2D eigenvalue weighted by molar-refractivity contribution is 5.85. The molecule has 1 saturated heterocycles. The Bertz CT molecular complexity index is 663. The van der Waals surface area contributed by atoms with E-state index in [9.17, 15) is 4.79 Å². The minimum absolute atomic E-state index is 0.00830. The molecule has 0 bridgehead atoms. The summed E-state index contributed by atoms with van der Waals surface area (Å²) >= 11 is 0. The summed E-state index contributed by atoms with van der Waals surface area (Å²) in [6.45, 7) is 1.41. The molecule has 0 saturated carbocycles. The standard InChI is InChI=1S/C16H21N3O2/c1-18(2)9-7-11-12-6-8-17-14(12)5-4-13(11)15-10-21-16(20)19(15)3/h4-6,8,15,17H,7,9-10H2,1-3H3/t15-/m1/s1. The van der Waals surface area contributed by atoms with Gasteiger partial charge in [0, 0.05) is 30.7 Å². The summed E-state index contributed by atoms with van der Waals surface area (Å²) in [6, 6.07) is 6.32. The number of H-pyrrole nitrogens is 1. The lowest BCUT2D eigenvalue weighted by atomic mass is 9.94. The Hall–Kier alpha value is -2.01. The fourth-order valence-electron chi connectivity index (χ4n) is 2.93. The summed E-state index contributed by atoms with van der Waals surface area (Å²) in [5.41, 5.74) is 3.63. The highest BCUT2D eigenvalue weighted by Crippen LogP contribution is 2.32. The summed E-state index contributed by atoms with van der Waals surface area (Å²) < 4.78 is 5.18. The average molecular weight is 287 g/mol. The van der Waals surface area contributed by atoms with Crippen LogP contribution in [-0.2, 0) is 11.2 Å². The fourth-order valence-corrected chi connectivity index (χ4v) is 2.93. The summed E-state index contributed by atoms with van der Waals surface area (Å²) in [6.07, 6.45) is 2.68. The van der Waals surface area contributed by atoms with Crippen molar-refractivity contribution in [2.24, 2.45) is 0 Å². The third kappa shape index (κ3) is 2.49. The van der Waals surface area contributed by atoms with Gasteiger partial charge in [-0.05, 0) is 43.8 Å². The summed E-state index contributed by atoms with van der Waals surface area (Å²) in [5, 5.41) is 1.24. The van der Waals surface area contributed by atoms with Gasteiger partial charge in [0.25, 0.3) is 0 Å². The van der Waals surface area contributed by atoms with Crippen molar-refractivity contribution in [2.75, 3.05) is 34.3 Å². The van der Waals surface area contributed by atoms with Crippen LogP contribution in [0.2, 0.25) is 0 Å². The van der Waals surface area contributed by atoms with Crippen LogP contribution in [0.3, 0.4) is 0 Å². The zero-order chi connectivity index (χ0) is 15.0. The third-order valence-electron chi connectivity index (χ3n) is 4.17. The number of benzene rings is 1. The van der Waals surface area contributed by atoms with Crippen LogP contribution in [0, 0.1) is 0 Å². The van der Waals surface area contributed by atoms with Gasteiger partial charge in [-0.2, -0.15) is 0 Å². The Morgan fingerprint density at radius 1 is 1.38 bits per heavy atom. The minimum Gasteiger partial charge on any atom is -0.447 e. The van der Waals surface area contributed by atoms with Crippen LogP contribution in [0.1, 0.15) is 17.2 Å². The van der Waals surface area contributed by atoms with Gasteiger partial charge in [-0.1, -0.05) is 6.07 Å². The number of aromatic amines is 1. The predicted molar refractivity (Wildman–Crippen MR) is 82.4 cm³/mol. The molecule has 0 aliphatic carbocycles. The molecule has 112 valence electrons. The molecule has 2 aromatic rings. The molecule has 1 N–H and O–H groups in total. The van der Waals surface area contributed by atoms with E-state index in [0.717, 1.165) is 18.5 Å². The minimum atomic E-state index is -0.243. The number of likely N-dealkylation sites (N-methyl/N-ethyl adjacent to an activating group) is 2. The molecule has 1 amide bonds.